The van der Waals surface area contributed by atoms with E-state index >= 15 is 0 Å². The zero-order chi connectivity index (χ0) is 18.3. The first-order valence-corrected chi connectivity index (χ1v) is 8.76. The van der Waals surface area contributed by atoms with Crippen LogP contribution in [0, 0.1) is 11.3 Å². The molecule has 1 aliphatic carbocycles. The van der Waals surface area contributed by atoms with Crippen LogP contribution in [0.5, 0.6) is 0 Å². The Kier molecular flexibility index (Phi) is 3.92. The molecule has 0 atom stereocenters. The Morgan fingerprint density at radius 1 is 1.31 bits per heavy atom. The summed E-state index contributed by atoms with van der Waals surface area (Å²) in [4.78, 5) is 17.7. The van der Waals surface area contributed by atoms with Crippen LogP contribution in [-0.2, 0) is 0 Å². The van der Waals surface area contributed by atoms with Gasteiger partial charge in [0, 0.05) is 23.3 Å². The van der Waals surface area contributed by atoms with Gasteiger partial charge in [-0.05, 0) is 57.0 Å². The Labute approximate surface area is 151 Å². The summed E-state index contributed by atoms with van der Waals surface area (Å²) < 4.78 is 1.86. The third kappa shape index (κ3) is 2.93. The maximum Gasteiger partial charge on any atom is 0.256 e. The van der Waals surface area contributed by atoms with Crippen molar-refractivity contribution in [1.29, 1.82) is 5.26 Å². The Bertz CT molecular complexity index is 1020. The zero-order valence-corrected chi connectivity index (χ0v) is 14.7. The molecule has 6 heteroatoms. The highest BCUT2D eigenvalue weighted by Gasteiger charge is 2.28. The molecule has 0 radical (unpaired) electrons. The van der Waals surface area contributed by atoms with Crippen molar-refractivity contribution in [2.75, 3.05) is 5.32 Å². The van der Waals surface area contributed by atoms with Gasteiger partial charge in [-0.25, -0.2) is 9.67 Å². The van der Waals surface area contributed by atoms with E-state index in [0.717, 1.165) is 29.6 Å². The Morgan fingerprint density at radius 2 is 2.04 bits per heavy atom. The third-order valence-electron chi connectivity index (χ3n) is 4.59. The number of carbonyl (C=O) groups excluding carboxylic acids is 1. The van der Waals surface area contributed by atoms with Crippen LogP contribution < -0.4 is 5.32 Å². The molecule has 0 aliphatic heterocycles. The number of benzene rings is 1. The van der Waals surface area contributed by atoms with Crippen LogP contribution in [0.15, 0.2) is 36.5 Å². The maximum absolute atomic E-state index is 12.9. The van der Waals surface area contributed by atoms with Gasteiger partial charge in [-0.15, -0.1) is 0 Å². The highest BCUT2D eigenvalue weighted by Crippen LogP contribution is 2.40. The van der Waals surface area contributed by atoms with Crippen molar-refractivity contribution in [3.8, 4) is 6.07 Å². The number of aromatic nitrogens is 3. The number of amides is 1. The van der Waals surface area contributed by atoms with E-state index in [1.165, 1.54) is 0 Å². The van der Waals surface area contributed by atoms with E-state index < -0.39 is 0 Å². The summed E-state index contributed by atoms with van der Waals surface area (Å²) in [6.45, 7) is 4.10. The van der Waals surface area contributed by atoms with Gasteiger partial charge in [0.15, 0.2) is 5.65 Å². The predicted octanol–water partition coefficient (Wildman–Crippen LogP) is 4.01. The summed E-state index contributed by atoms with van der Waals surface area (Å²) in [5.41, 5.74) is 3.53. The van der Waals surface area contributed by atoms with Crippen molar-refractivity contribution >= 4 is 22.6 Å². The van der Waals surface area contributed by atoms with Crippen LogP contribution in [0.1, 0.15) is 60.3 Å². The fourth-order valence-corrected chi connectivity index (χ4v) is 3.02. The lowest BCUT2D eigenvalue weighted by Crippen LogP contribution is -2.14. The molecule has 1 N–H and O–H groups in total. The highest BCUT2D eigenvalue weighted by molar-refractivity contribution is 6.12. The topological polar surface area (TPSA) is 83.6 Å². The summed E-state index contributed by atoms with van der Waals surface area (Å²) in [7, 11) is 0. The number of rotatable bonds is 4. The van der Waals surface area contributed by atoms with Gasteiger partial charge >= 0.3 is 0 Å². The van der Waals surface area contributed by atoms with Gasteiger partial charge < -0.3 is 5.32 Å². The van der Waals surface area contributed by atoms with Gasteiger partial charge in [0.2, 0.25) is 0 Å². The molecular formula is C20H19N5O. The minimum absolute atomic E-state index is 0.170. The number of anilines is 1. The molecular weight excluding hydrogens is 326 g/mol. The third-order valence-corrected chi connectivity index (χ3v) is 4.59. The number of carbonyl (C=O) groups is 1. The van der Waals surface area contributed by atoms with E-state index in [2.05, 4.69) is 30.3 Å². The van der Waals surface area contributed by atoms with Crippen molar-refractivity contribution in [2.45, 2.75) is 38.6 Å². The molecule has 1 aliphatic rings. The monoisotopic (exact) mass is 345 g/mol. The number of hydrogen-bond donors (Lipinski definition) is 1. The van der Waals surface area contributed by atoms with E-state index in [4.69, 9.17) is 10.2 Å². The SMILES string of the molecule is CC(C)n1ncc2c(C(=O)Nc3ccc(C#N)cc3)cc(C3CC3)nc21. The second kappa shape index (κ2) is 6.26. The first-order chi connectivity index (χ1) is 12.6. The molecule has 2 aromatic heterocycles. The molecule has 1 fully saturated rings. The molecule has 0 unspecified atom stereocenters. The second-order valence-electron chi connectivity index (χ2n) is 6.93. The lowest BCUT2D eigenvalue weighted by atomic mass is 10.1. The van der Waals surface area contributed by atoms with Crippen LogP contribution in [0.25, 0.3) is 11.0 Å². The number of nitrogens with one attached hydrogen (secondary N) is 1. The highest BCUT2D eigenvalue weighted by atomic mass is 16.1. The first kappa shape index (κ1) is 16.3. The fraction of sp³-hybridized carbons (Fsp3) is 0.300. The van der Waals surface area contributed by atoms with Crippen molar-refractivity contribution in [2.24, 2.45) is 0 Å². The summed E-state index contributed by atoms with van der Waals surface area (Å²) in [6, 6.07) is 11.0. The average molecular weight is 345 g/mol. The molecule has 4 rings (SSSR count). The largest absolute Gasteiger partial charge is 0.322 e. The van der Waals surface area contributed by atoms with Crippen molar-refractivity contribution < 1.29 is 4.79 Å². The van der Waals surface area contributed by atoms with Crippen molar-refractivity contribution in [3.63, 3.8) is 0 Å². The zero-order valence-electron chi connectivity index (χ0n) is 14.7. The average Bonchev–Trinajstić information content (AvgIpc) is 3.40. The van der Waals surface area contributed by atoms with Crippen LogP contribution >= 0.6 is 0 Å². The van der Waals surface area contributed by atoms with Gasteiger partial charge in [0.25, 0.3) is 5.91 Å². The van der Waals surface area contributed by atoms with E-state index in [-0.39, 0.29) is 11.9 Å². The molecule has 1 amide bonds. The Morgan fingerprint density at radius 3 is 2.65 bits per heavy atom. The van der Waals surface area contributed by atoms with Crippen molar-refractivity contribution in [3.05, 3.63) is 53.3 Å². The van der Waals surface area contributed by atoms with Gasteiger partial charge in [0.05, 0.1) is 28.8 Å². The molecule has 1 aromatic carbocycles. The molecule has 6 nitrogen and oxygen atoms in total. The van der Waals surface area contributed by atoms with Gasteiger partial charge in [-0.2, -0.15) is 10.4 Å². The van der Waals surface area contributed by atoms with E-state index in [1.807, 2.05) is 10.7 Å². The van der Waals surface area contributed by atoms with Gasteiger partial charge in [-0.3, -0.25) is 4.79 Å². The van der Waals surface area contributed by atoms with Gasteiger partial charge in [-0.1, -0.05) is 0 Å². The predicted molar refractivity (Wildman–Crippen MR) is 99.0 cm³/mol. The van der Waals surface area contributed by atoms with Crippen LogP contribution in [-0.4, -0.2) is 20.7 Å². The first-order valence-electron chi connectivity index (χ1n) is 8.76. The summed E-state index contributed by atoms with van der Waals surface area (Å²) in [5.74, 6) is 0.253. The lowest BCUT2D eigenvalue weighted by molar-refractivity contribution is 0.102. The lowest BCUT2D eigenvalue weighted by Gasteiger charge is -2.11. The smallest absolute Gasteiger partial charge is 0.256 e. The molecule has 2 heterocycles. The van der Waals surface area contributed by atoms with Crippen LogP contribution in [0.3, 0.4) is 0 Å². The number of pyridine rings is 1. The molecule has 26 heavy (non-hydrogen) atoms. The second-order valence-corrected chi connectivity index (χ2v) is 6.93. The number of nitrogens with zero attached hydrogens (tertiary/aromatic N) is 4. The van der Waals surface area contributed by atoms with E-state index in [0.29, 0.717) is 22.7 Å². The summed E-state index contributed by atoms with van der Waals surface area (Å²) >= 11 is 0. The van der Waals surface area contributed by atoms with Gasteiger partial charge in [0.1, 0.15) is 0 Å². The Balaban J connectivity index is 1.74. The minimum Gasteiger partial charge on any atom is -0.322 e. The van der Waals surface area contributed by atoms with Crippen LogP contribution in [0.4, 0.5) is 5.69 Å². The molecule has 1 saturated carbocycles. The number of hydrogen-bond acceptors (Lipinski definition) is 4. The fourth-order valence-electron chi connectivity index (χ4n) is 3.02. The van der Waals surface area contributed by atoms with E-state index in [1.54, 1.807) is 30.5 Å². The Hall–Kier alpha value is -3.20. The number of fused-ring (bicyclic) bond motifs is 1. The quantitative estimate of drug-likeness (QED) is 0.774. The minimum atomic E-state index is -0.188. The molecule has 0 saturated heterocycles. The molecule has 130 valence electrons. The number of nitriles is 1. The standard InChI is InChI=1S/C20H19N5O/c1-12(2)25-19-17(11-22-25)16(9-18(24-19)14-5-6-14)20(26)23-15-7-3-13(10-21)4-8-15/h3-4,7-9,11-12,14H,5-6H2,1-2H3,(H,23,26). The van der Waals surface area contributed by atoms with E-state index in [9.17, 15) is 4.79 Å². The molecule has 3 aromatic rings. The molecule has 0 bridgehead atoms. The normalized spacial score (nSPS) is 13.8. The maximum atomic E-state index is 12.9. The summed E-state index contributed by atoms with van der Waals surface area (Å²) in [6.07, 6.45) is 3.95. The van der Waals surface area contributed by atoms with Crippen LogP contribution in [0.2, 0.25) is 0 Å². The summed E-state index contributed by atoms with van der Waals surface area (Å²) in [5, 5.41) is 17.0. The van der Waals surface area contributed by atoms with Crippen molar-refractivity contribution in [1.82, 2.24) is 14.8 Å². The molecule has 0 spiro atoms.